The Kier molecular flexibility index (Phi) is 8.83. The van der Waals surface area contributed by atoms with Crippen LogP contribution in [0.2, 0.25) is 5.02 Å². The zero-order valence-electron chi connectivity index (χ0n) is 18.9. The Labute approximate surface area is 219 Å². The maximum atomic E-state index is 12.7. The molecule has 0 aromatic heterocycles. The van der Waals surface area contributed by atoms with Crippen molar-refractivity contribution in [3.05, 3.63) is 125 Å². The van der Waals surface area contributed by atoms with Gasteiger partial charge >= 0.3 is 0 Å². The molecule has 0 aliphatic rings. The minimum Gasteiger partial charge on any atom is -0.321 e. The number of nitrogens with two attached hydrogens (primary N) is 1. The fraction of sp³-hybridized carbons (Fsp3) is 0.103. The van der Waals surface area contributed by atoms with Crippen molar-refractivity contribution in [2.45, 2.75) is 27.1 Å². The van der Waals surface area contributed by atoms with Crippen molar-refractivity contribution in [1.29, 1.82) is 0 Å². The van der Waals surface area contributed by atoms with Crippen LogP contribution in [0.5, 0.6) is 0 Å². The number of carbonyl (C=O) groups is 2. The third-order valence-corrected chi connectivity index (χ3v) is 7.69. The van der Waals surface area contributed by atoms with Gasteiger partial charge in [0.15, 0.2) is 11.6 Å². The van der Waals surface area contributed by atoms with E-state index in [9.17, 15) is 9.59 Å². The van der Waals surface area contributed by atoms with Gasteiger partial charge in [-0.3, -0.25) is 9.59 Å². The Bertz CT molecular complexity index is 1280. The highest BCUT2D eigenvalue weighted by molar-refractivity contribution is 7.99. The average Bonchev–Trinajstić information content (AvgIpc) is 2.90. The Morgan fingerprint density at radius 2 is 1.20 bits per heavy atom. The molecule has 0 aliphatic carbocycles. The second-order valence-electron chi connectivity index (χ2n) is 7.91. The van der Waals surface area contributed by atoms with Crippen molar-refractivity contribution < 1.29 is 9.59 Å². The molecule has 0 aliphatic heterocycles. The van der Waals surface area contributed by atoms with Crippen LogP contribution in [0.1, 0.15) is 32.7 Å². The van der Waals surface area contributed by atoms with E-state index in [1.165, 1.54) is 0 Å². The number of Topliss-reactive ketones (excluding diaryl/α,β-unsaturated/α-hetero) is 1. The fourth-order valence-corrected chi connectivity index (χ4v) is 5.31. The third-order valence-electron chi connectivity index (χ3n) is 5.38. The second-order valence-corrected chi connectivity index (χ2v) is 10.7. The molecular formula is C29H24ClNO2S2. The number of rotatable bonds is 10. The molecule has 0 spiro atoms. The number of ketones is 2. The molecule has 176 valence electrons. The van der Waals surface area contributed by atoms with Crippen LogP contribution in [0.25, 0.3) is 0 Å². The number of halogens is 1. The highest BCUT2D eigenvalue weighted by Gasteiger charge is 2.16. The quantitative estimate of drug-likeness (QED) is 0.175. The topological polar surface area (TPSA) is 60.2 Å². The first-order chi connectivity index (χ1) is 17.0. The molecular weight excluding hydrogens is 494 g/mol. The predicted octanol–water partition coefficient (Wildman–Crippen LogP) is 7.41. The van der Waals surface area contributed by atoms with Crippen molar-refractivity contribution in [1.82, 2.24) is 0 Å². The first-order valence-electron chi connectivity index (χ1n) is 11.2. The maximum Gasteiger partial charge on any atom is 0.193 e. The van der Waals surface area contributed by atoms with Gasteiger partial charge in [0.1, 0.15) is 0 Å². The summed E-state index contributed by atoms with van der Waals surface area (Å²) >= 11 is 9.15. The van der Waals surface area contributed by atoms with E-state index in [1.807, 2.05) is 103 Å². The molecule has 0 radical (unpaired) electrons. The van der Waals surface area contributed by atoms with E-state index >= 15 is 0 Å². The van der Waals surface area contributed by atoms with Gasteiger partial charge in [-0.15, -0.1) is 11.8 Å². The first-order valence-corrected chi connectivity index (χ1v) is 13.3. The molecule has 4 aromatic rings. The van der Waals surface area contributed by atoms with E-state index in [2.05, 4.69) is 0 Å². The van der Waals surface area contributed by atoms with Gasteiger partial charge < -0.3 is 5.73 Å². The lowest BCUT2D eigenvalue weighted by atomic mass is 10.0. The molecule has 4 rings (SSSR count). The highest BCUT2D eigenvalue weighted by atomic mass is 35.5. The van der Waals surface area contributed by atoms with E-state index in [1.54, 1.807) is 23.5 Å². The van der Waals surface area contributed by atoms with Crippen LogP contribution in [-0.4, -0.2) is 23.4 Å². The van der Waals surface area contributed by atoms with E-state index in [4.69, 9.17) is 17.3 Å². The van der Waals surface area contributed by atoms with Crippen LogP contribution in [-0.2, 0) is 0 Å². The number of thioether (sulfide) groups is 1. The summed E-state index contributed by atoms with van der Waals surface area (Å²) in [6, 6.07) is 31.4. The van der Waals surface area contributed by atoms with Gasteiger partial charge in [0.25, 0.3) is 0 Å². The standard InChI is InChI=1S/C29H24ClNO2S2/c30-23-10-16-24(17-11-23)34-19-18-27(31)29(33)22-8-14-26(15-9-22)35-25-12-6-21(7-13-25)28(32)20-4-2-1-3-5-20/h1-17,27H,18-19,31H2. The van der Waals surface area contributed by atoms with Crippen molar-refractivity contribution in [3.8, 4) is 0 Å². The van der Waals surface area contributed by atoms with Gasteiger partial charge in [-0.2, -0.15) is 0 Å². The number of carbonyl (C=O) groups excluding carboxylic acids is 2. The molecule has 0 saturated heterocycles. The Morgan fingerprint density at radius 1 is 0.686 bits per heavy atom. The second kappa shape index (κ2) is 12.2. The Morgan fingerprint density at radius 3 is 1.80 bits per heavy atom. The van der Waals surface area contributed by atoms with Gasteiger partial charge in [-0.05, 0) is 72.8 Å². The van der Waals surface area contributed by atoms with Gasteiger partial charge in [0, 0.05) is 36.4 Å². The van der Waals surface area contributed by atoms with Crippen LogP contribution in [0.3, 0.4) is 0 Å². The summed E-state index contributed by atoms with van der Waals surface area (Å²) in [4.78, 5) is 28.4. The van der Waals surface area contributed by atoms with Gasteiger partial charge in [-0.25, -0.2) is 0 Å². The van der Waals surface area contributed by atoms with Crippen LogP contribution in [0.4, 0.5) is 0 Å². The average molecular weight is 518 g/mol. The van der Waals surface area contributed by atoms with Crippen molar-refractivity contribution in [2.24, 2.45) is 5.73 Å². The van der Waals surface area contributed by atoms with E-state index in [-0.39, 0.29) is 11.6 Å². The lowest BCUT2D eigenvalue weighted by Crippen LogP contribution is -2.31. The summed E-state index contributed by atoms with van der Waals surface area (Å²) < 4.78 is 0. The normalized spacial score (nSPS) is 11.7. The maximum absolute atomic E-state index is 12.7. The summed E-state index contributed by atoms with van der Waals surface area (Å²) in [5.41, 5.74) is 8.11. The lowest BCUT2D eigenvalue weighted by Gasteiger charge is -2.11. The predicted molar refractivity (Wildman–Crippen MR) is 146 cm³/mol. The third kappa shape index (κ3) is 7.09. The summed E-state index contributed by atoms with van der Waals surface area (Å²) in [5, 5.41) is 0.706. The van der Waals surface area contributed by atoms with Crippen molar-refractivity contribution in [2.75, 3.05) is 5.75 Å². The smallest absolute Gasteiger partial charge is 0.193 e. The molecule has 0 amide bonds. The molecule has 4 aromatic carbocycles. The zero-order valence-corrected chi connectivity index (χ0v) is 21.3. The summed E-state index contributed by atoms with van der Waals surface area (Å²) in [6.07, 6.45) is 0.594. The molecule has 0 heterocycles. The van der Waals surface area contributed by atoms with E-state index in [0.717, 1.165) is 20.4 Å². The molecule has 2 N–H and O–H groups in total. The van der Waals surface area contributed by atoms with Crippen LogP contribution in [0, 0.1) is 0 Å². The molecule has 1 atom stereocenters. The molecule has 0 fully saturated rings. The molecule has 1 unspecified atom stereocenters. The van der Waals surface area contributed by atoms with Crippen molar-refractivity contribution in [3.63, 3.8) is 0 Å². The van der Waals surface area contributed by atoms with Crippen LogP contribution < -0.4 is 5.73 Å². The molecule has 0 saturated carbocycles. The van der Waals surface area contributed by atoms with Crippen molar-refractivity contribution >= 4 is 46.7 Å². The number of hydrogen-bond acceptors (Lipinski definition) is 5. The summed E-state index contributed by atoms with van der Waals surface area (Å²) in [5.74, 6) is 0.709. The minimum atomic E-state index is -0.539. The van der Waals surface area contributed by atoms with Crippen LogP contribution in [0.15, 0.2) is 118 Å². The molecule has 3 nitrogen and oxygen atoms in total. The Balaban J connectivity index is 1.29. The SMILES string of the molecule is NC(CCSc1ccc(Cl)cc1)C(=O)c1ccc(Sc2ccc(C(=O)c3ccccc3)cc2)cc1. The van der Waals surface area contributed by atoms with E-state index in [0.29, 0.717) is 28.1 Å². The molecule has 35 heavy (non-hydrogen) atoms. The van der Waals surface area contributed by atoms with E-state index < -0.39 is 6.04 Å². The van der Waals surface area contributed by atoms with Crippen LogP contribution >= 0.6 is 35.1 Å². The van der Waals surface area contributed by atoms with Gasteiger partial charge in [0.2, 0.25) is 0 Å². The lowest BCUT2D eigenvalue weighted by molar-refractivity contribution is 0.0959. The molecule has 0 bridgehead atoms. The highest BCUT2D eigenvalue weighted by Crippen LogP contribution is 2.29. The van der Waals surface area contributed by atoms with Gasteiger partial charge in [0.05, 0.1) is 6.04 Å². The minimum absolute atomic E-state index is 0.00733. The first kappa shape index (κ1) is 25.3. The molecule has 6 heteroatoms. The Hall–Kier alpha value is -2.83. The largest absolute Gasteiger partial charge is 0.321 e. The monoisotopic (exact) mass is 517 g/mol. The van der Waals surface area contributed by atoms with Gasteiger partial charge in [-0.1, -0.05) is 65.8 Å². The fourth-order valence-electron chi connectivity index (χ4n) is 3.43. The number of benzene rings is 4. The zero-order chi connectivity index (χ0) is 24.6. The number of hydrogen-bond donors (Lipinski definition) is 1. The summed E-state index contributed by atoms with van der Waals surface area (Å²) in [7, 11) is 0. The summed E-state index contributed by atoms with van der Waals surface area (Å²) in [6.45, 7) is 0.